The average molecular weight is 289 g/mol. The highest BCUT2D eigenvalue weighted by Gasteiger charge is 2.25. The van der Waals surface area contributed by atoms with Crippen molar-refractivity contribution in [1.29, 1.82) is 0 Å². The fourth-order valence-electron chi connectivity index (χ4n) is 2.36. The van der Waals surface area contributed by atoms with Gasteiger partial charge in [-0.1, -0.05) is 23.7 Å². The van der Waals surface area contributed by atoms with Crippen molar-refractivity contribution in [3.8, 4) is 0 Å². The summed E-state index contributed by atoms with van der Waals surface area (Å²) in [4.78, 5) is 22.4. The van der Waals surface area contributed by atoms with Crippen molar-refractivity contribution in [2.75, 3.05) is 12.3 Å². The highest BCUT2D eigenvalue weighted by atomic mass is 35.5. The molecule has 0 bridgehead atoms. The number of halogens is 1. The molecule has 1 aromatic carbocycles. The summed E-state index contributed by atoms with van der Waals surface area (Å²) in [7, 11) is 0. The SMILES string of the molecule is Nc1ncnc2c1CCN(C(=O)c1ccccc1Cl)C2. The van der Waals surface area contributed by atoms with E-state index in [2.05, 4.69) is 9.97 Å². The molecule has 2 N–H and O–H groups in total. The number of carbonyl (C=O) groups is 1. The van der Waals surface area contributed by atoms with Crippen LogP contribution in [0.4, 0.5) is 5.82 Å². The van der Waals surface area contributed by atoms with Crippen LogP contribution in [-0.2, 0) is 13.0 Å². The number of nitrogen functional groups attached to an aromatic ring is 1. The molecule has 2 aromatic rings. The Kier molecular flexibility index (Phi) is 3.28. The third-order valence-electron chi connectivity index (χ3n) is 3.43. The zero-order valence-corrected chi connectivity index (χ0v) is 11.5. The van der Waals surface area contributed by atoms with Gasteiger partial charge in [0.05, 0.1) is 22.8 Å². The first-order valence-corrected chi connectivity index (χ1v) is 6.66. The average Bonchev–Trinajstić information content (AvgIpc) is 2.47. The van der Waals surface area contributed by atoms with Crippen molar-refractivity contribution in [3.05, 3.63) is 52.4 Å². The summed E-state index contributed by atoms with van der Waals surface area (Å²) in [6.45, 7) is 1.03. The summed E-state index contributed by atoms with van der Waals surface area (Å²) in [6, 6.07) is 7.05. The van der Waals surface area contributed by atoms with Crippen LogP contribution in [0.1, 0.15) is 21.6 Å². The van der Waals surface area contributed by atoms with Crippen LogP contribution in [0.2, 0.25) is 5.02 Å². The Morgan fingerprint density at radius 3 is 2.90 bits per heavy atom. The molecule has 0 atom stereocenters. The largest absolute Gasteiger partial charge is 0.383 e. The number of hydrogen-bond acceptors (Lipinski definition) is 4. The number of benzene rings is 1. The zero-order chi connectivity index (χ0) is 14.1. The normalized spacial score (nSPS) is 13.9. The second-order valence-corrected chi connectivity index (χ2v) is 5.05. The lowest BCUT2D eigenvalue weighted by atomic mass is 10.0. The number of hydrogen-bond donors (Lipinski definition) is 1. The molecule has 1 amide bonds. The van der Waals surface area contributed by atoms with Gasteiger partial charge in [-0.25, -0.2) is 9.97 Å². The van der Waals surface area contributed by atoms with Gasteiger partial charge in [0, 0.05) is 12.1 Å². The highest BCUT2D eigenvalue weighted by molar-refractivity contribution is 6.33. The molecular weight excluding hydrogens is 276 g/mol. The van der Waals surface area contributed by atoms with Gasteiger partial charge in [-0.15, -0.1) is 0 Å². The molecule has 6 heteroatoms. The van der Waals surface area contributed by atoms with E-state index in [9.17, 15) is 4.79 Å². The molecule has 2 heterocycles. The van der Waals surface area contributed by atoms with Crippen LogP contribution in [0, 0.1) is 0 Å². The molecule has 0 saturated heterocycles. The molecule has 0 saturated carbocycles. The van der Waals surface area contributed by atoms with E-state index in [0.29, 0.717) is 35.9 Å². The van der Waals surface area contributed by atoms with Crippen molar-refractivity contribution < 1.29 is 4.79 Å². The molecule has 0 radical (unpaired) electrons. The van der Waals surface area contributed by atoms with Gasteiger partial charge in [0.15, 0.2) is 0 Å². The third kappa shape index (κ3) is 2.20. The van der Waals surface area contributed by atoms with Gasteiger partial charge >= 0.3 is 0 Å². The van der Waals surface area contributed by atoms with Gasteiger partial charge in [-0.2, -0.15) is 0 Å². The maximum absolute atomic E-state index is 12.5. The highest BCUT2D eigenvalue weighted by Crippen LogP contribution is 2.24. The maximum atomic E-state index is 12.5. The van der Waals surface area contributed by atoms with Crippen LogP contribution in [0.15, 0.2) is 30.6 Å². The fraction of sp³-hybridized carbons (Fsp3) is 0.214. The summed E-state index contributed by atoms with van der Waals surface area (Å²) in [5, 5.41) is 0.463. The Bertz CT molecular complexity index is 674. The van der Waals surface area contributed by atoms with Crippen LogP contribution >= 0.6 is 11.6 Å². The van der Waals surface area contributed by atoms with E-state index < -0.39 is 0 Å². The van der Waals surface area contributed by atoms with E-state index >= 15 is 0 Å². The number of anilines is 1. The van der Waals surface area contributed by atoms with Crippen LogP contribution in [0.3, 0.4) is 0 Å². The summed E-state index contributed by atoms with van der Waals surface area (Å²) in [6.07, 6.45) is 2.09. The minimum absolute atomic E-state index is 0.0848. The number of aromatic nitrogens is 2. The van der Waals surface area contributed by atoms with Gasteiger partial charge in [0.1, 0.15) is 12.1 Å². The molecule has 1 aliphatic heterocycles. The number of rotatable bonds is 1. The molecule has 0 unspecified atom stereocenters. The van der Waals surface area contributed by atoms with E-state index in [1.165, 1.54) is 6.33 Å². The Morgan fingerprint density at radius 1 is 1.30 bits per heavy atom. The molecule has 20 heavy (non-hydrogen) atoms. The third-order valence-corrected chi connectivity index (χ3v) is 3.76. The molecule has 1 aromatic heterocycles. The monoisotopic (exact) mass is 288 g/mol. The summed E-state index contributed by atoms with van der Waals surface area (Å²) < 4.78 is 0. The minimum Gasteiger partial charge on any atom is -0.383 e. The van der Waals surface area contributed by atoms with Crippen LogP contribution in [0.25, 0.3) is 0 Å². The first-order chi connectivity index (χ1) is 9.66. The van der Waals surface area contributed by atoms with Crippen molar-refractivity contribution in [2.45, 2.75) is 13.0 Å². The van der Waals surface area contributed by atoms with E-state index in [1.54, 1.807) is 29.2 Å². The summed E-state index contributed by atoms with van der Waals surface area (Å²) >= 11 is 6.07. The molecular formula is C14H13ClN4O. The maximum Gasteiger partial charge on any atom is 0.255 e. The second-order valence-electron chi connectivity index (χ2n) is 4.64. The Labute approximate surface area is 121 Å². The number of fused-ring (bicyclic) bond motifs is 1. The number of nitrogens with zero attached hydrogens (tertiary/aromatic N) is 3. The lowest BCUT2D eigenvalue weighted by Crippen LogP contribution is -2.37. The predicted molar refractivity (Wildman–Crippen MR) is 76.3 cm³/mol. The van der Waals surface area contributed by atoms with E-state index in [4.69, 9.17) is 17.3 Å². The van der Waals surface area contributed by atoms with Crippen molar-refractivity contribution >= 4 is 23.3 Å². The van der Waals surface area contributed by atoms with Crippen LogP contribution in [-0.4, -0.2) is 27.3 Å². The Balaban J connectivity index is 1.88. The van der Waals surface area contributed by atoms with Crippen molar-refractivity contribution in [3.63, 3.8) is 0 Å². The van der Waals surface area contributed by atoms with Crippen LogP contribution < -0.4 is 5.73 Å². The van der Waals surface area contributed by atoms with Crippen molar-refractivity contribution in [2.24, 2.45) is 0 Å². The van der Waals surface area contributed by atoms with E-state index in [0.717, 1.165) is 11.3 Å². The van der Waals surface area contributed by atoms with Crippen LogP contribution in [0.5, 0.6) is 0 Å². The van der Waals surface area contributed by atoms with Crippen molar-refractivity contribution in [1.82, 2.24) is 14.9 Å². The molecule has 0 fully saturated rings. The molecule has 0 spiro atoms. The Hall–Kier alpha value is -2.14. The summed E-state index contributed by atoms with van der Waals surface area (Å²) in [5.74, 6) is 0.415. The van der Waals surface area contributed by atoms with Gasteiger partial charge in [0.25, 0.3) is 5.91 Å². The van der Waals surface area contributed by atoms with Gasteiger partial charge in [-0.05, 0) is 18.6 Å². The van der Waals surface area contributed by atoms with E-state index in [1.807, 2.05) is 0 Å². The fourth-order valence-corrected chi connectivity index (χ4v) is 2.57. The van der Waals surface area contributed by atoms with Gasteiger partial charge in [-0.3, -0.25) is 4.79 Å². The molecule has 3 rings (SSSR count). The predicted octanol–water partition coefficient (Wildman–Crippen LogP) is 1.91. The van der Waals surface area contributed by atoms with Gasteiger partial charge < -0.3 is 10.6 Å². The molecule has 5 nitrogen and oxygen atoms in total. The quantitative estimate of drug-likeness (QED) is 0.870. The van der Waals surface area contributed by atoms with Gasteiger partial charge in [0.2, 0.25) is 0 Å². The lowest BCUT2D eigenvalue weighted by Gasteiger charge is -2.28. The first kappa shape index (κ1) is 12.9. The lowest BCUT2D eigenvalue weighted by molar-refractivity contribution is 0.0732. The second kappa shape index (κ2) is 5.09. The zero-order valence-electron chi connectivity index (χ0n) is 10.7. The minimum atomic E-state index is -0.0848. The standard InChI is InChI=1S/C14H13ClN4O/c15-11-4-2-1-3-9(11)14(20)19-6-5-10-12(7-19)17-8-18-13(10)16/h1-4,8H,5-7H2,(H2,16,17,18). The number of amides is 1. The molecule has 102 valence electrons. The number of nitrogens with two attached hydrogens (primary N) is 1. The smallest absolute Gasteiger partial charge is 0.255 e. The Morgan fingerprint density at radius 2 is 2.10 bits per heavy atom. The molecule has 1 aliphatic rings. The summed E-state index contributed by atoms with van der Waals surface area (Å²) in [5.41, 5.74) is 8.09. The first-order valence-electron chi connectivity index (χ1n) is 6.29. The molecule has 0 aliphatic carbocycles. The topological polar surface area (TPSA) is 72.1 Å². The number of carbonyl (C=O) groups excluding carboxylic acids is 1. The van der Waals surface area contributed by atoms with E-state index in [-0.39, 0.29) is 5.91 Å².